The van der Waals surface area contributed by atoms with Gasteiger partial charge in [0.15, 0.2) is 4.77 Å². The van der Waals surface area contributed by atoms with E-state index >= 15 is 0 Å². The molecule has 14 heavy (non-hydrogen) atoms. The molecular weight excluding hydrogens is 196 g/mol. The van der Waals surface area contributed by atoms with Crippen LogP contribution in [-0.2, 0) is 6.42 Å². The number of hydrogen-bond acceptors (Lipinski definition) is 2. The highest BCUT2D eigenvalue weighted by molar-refractivity contribution is 7.71. The number of ether oxygens (including phenoxy) is 1. The van der Waals surface area contributed by atoms with Crippen LogP contribution >= 0.6 is 12.2 Å². The number of methoxy groups -OCH3 is 1. The summed E-state index contributed by atoms with van der Waals surface area (Å²) in [5.74, 6) is 0.908. The molecule has 0 amide bonds. The highest BCUT2D eigenvalue weighted by Crippen LogP contribution is 2.24. The molecule has 0 aliphatic heterocycles. The molecule has 0 spiro atoms. The van der Waals surface area contributed by atoms with E-state index in [1.165, 1.54) is 5.56 Å². The van der Waals surface area contributed by atoms with Gasteiger partial charge in [-0.2, -0.15) is 0 Å². The molecule has 0 saturated carbocycles. The third-order valence-corrected chi connectivity index (χ3v) is 2.50. The number of hydrogen-bond donors (Lipinski definition) is 2. The molecule has 1 heterocycles. The number of fused-ring (bicyclic) bond motifs is 1. The zero-order valence-electron chi connectivity index (χ0n) is 8.18. The largest absolute Gasteiger partial charge is 0.496 e. The summed E-state index contributed by atoms with van der Waals surface area (Å²) in [5, 5.41) is 0. The third-order valence-electron chi connectivity index (χ3n) is 2.30. The van der Waals surface area contributed by atoms with Gasteiger partial charge in [-0.15, -0.1) is 0 Å². The smallest absolute Gasteiger partial charge is 0.175 e. The Bertz CT molecular complexity index is 468. The van der Waals surface area contributed by atoms with Gasteiger partial charge in [-0.05, 0) is 30.3 Å². The van der Waals surface area contributed by atoms with Gasteiger partial charge >= 0.3 is 0 Å². The van der Waals surface area contributed by atoms with Crippen molar-refractivity contribution < 1.29 is 4.74 Å². The van der Waals surface area contributed by atoms with Crippen molar-refractivity contribution in [2.45, 2.75) is 13.3 Å². The highest BCUT2D eigenvalue weighted by atomic mass is 32.1. The lowest BCUT2D eigenvalue weighted by Gasteiger charge is -2.05. The highest BCUT2D eigenvalue weighted by Gasteiger charge is 2.04. The molecule has 0 unspecified atom stereocenters. The van der Waals surface area contributed by atoms with E-state index in [0.29, 0.717) is 4.77 Å². The van der Waals surface area contributed by atoms with Crippen LogP contribution in [0.4, 0.5) is 0 Å². The lowest BCUT2D eigenvalue weighted by atomic mass is 10.1. The van der Waals surface area contributed by atoms with Crippen LogP contribution in [0, 0.1) is 4.77 Å². The Morgan fingerprint density at radius 3 is 2.50 bits per heavy atom. The molecule has 0 fully saturated rings. The van der Waals surface area contributed by atoms with Crippen molar-refractivity contribution >= 4 is 23.3 Å². The molecule has 1 aromatic carbocycles. The first-order valence-electron chi connectivity index (χ1n) is 4.53. The van der Waals surface area contributed by atoms with Gasteiger partial charge in [-0.25, -0.2) is 0 Å². The zero-order chi connectivity index (χ0) is 10.1. The Balaban J connectivity index is 2.74. The van der Waals surface area contributed by atoms with E-state index in [1.807, 2.05) is 6.07 Å². The molecule has 74 valence electrons. The molecule has 0 radical (unpaired) electrons. The average Bonchev–Trinajstić information content (AvgIpc) is 2.54. The van der Waals surface area contributed by atoms with Crippen molar-refractivity contribution in [2.75, 3.05) is 7.11 Å². The van der Waals surface area contributed by atoms with E-state index < -0.39 is 0 Å². The fraction of sp³-hybridized carbons (Fsp3) is 0.300. The van der Waals surface area contributed by atoms with Gasteiger partial charge in [0.2, 0.25) is 0 Å². The lowest BCUT2D eigenvalue weighted by molar-refractivity contribution is 0.411. The maximum absolute atomic E-state index is 5.29. The minimum atomic E-state index is 0.648. The number of rotatable bonds is 2. The lowest BCUT2D eigenvalue weighted by Crippen LogP contribution is -1.90. The predicted octanol–water partition coefficient (Wildman–Crippen LogP) is 2.80. The first-order chi connectivity index (χ1) is 6.74. The van der Waals surface area contributed by atoms with Crippen LogP contribution in [0.2, 0.25) is 0 Å². The molecule has 1 aromatic heterocycles. The Morgan fingerprint density at radius 2 is 1.93 bits per heavy atom. The minimum absolute atomic E-state index is 0.648. The average molecular weight is 208 g/mol. The second kappa shape index (κ2) is 3.46. The van der Waals surface area contributed by atoms with Gasteiger partial charge < -0.3 is 14.7 Å². The van der Waals surface area contributed by atoms with Gasteiger partial charge in [-0.1, -0.05) is 6.92 Å². The van der Waals surface area contributed by atoms with Crippen LogP contribution in [0.25, 0.3) is 11.0 Å². The summed E-state index contributed by atoms with van der Waals surface area (Å²) in [4.78, 5) is 6.15. The Kier molecular flexibility index (Phi) is 2.29. The Morgan fingerprint density at radius 1 is 1.29 bits per heavy atom. The van der Waals surface area contributed by atoms with E-state index in [9.17, 15) is 0 Å². The van der Waals surface area contributed by atoms with Gasteiger partial charge in [0, 0.05) is 6.07 Å². The van der Waals surface area contributed by atoms with Gasteiger partial charge in [0.1, 0.15) is 5.75 Å². The van der Waals surface area contributed by atoms with E-state index in [-0.39, 0.29) is 0 Å². The maximum Gasteiger partial charge on any atom is 0.175 e. The van der Waals surface area contributed by atoms with Crippen LogP contribution in [0.15, 0.2) is 12.1 Å². The third kappa shape index (κ3) is 1.42. The number of aromatic amines is 2. The molecular formula is C10H12N2OS. The van der Waals surface area contributed by atoms with Crippen LogP contribution in [0.5, 0.6) is 5.75 Å². The second-order valence-electron chi connectivity index (χ2n) is 3.14. The summed E-state index contributed by atoms with van der Waals surface area (Å²) in [6.45, 7) is 2.10. The SMILES string of the molecule is CCc1cc2[nH]c(=S)[nH]c2cc1OC. The van der Waals surface area contributed by atoms with Gasteiger partial charge in [0.25, 0.3) is 0 Å². The van der Waals surface area contributed by atoms with Crippen molar-refractivity contribution in [2.24, 2.45) is 0 Å². The zero-order valence-corrected chi connectivity index (χ0v) is 8.99. The van der Waals surface area contributed by atoms with Crippen LogP contribution in [0.3, 0.4) is 0 Å². The van der Waals surface area contributed by atoms with Gasteiger partial charge in [0.05, 0.1) is 18.1 Å². The summed E-state index contributed by atoms with van der Waals surface area (Å²) in [5.41, 5.74) is 3.21. The Hall–Kier alpha value is -1.29. The molecule has 2 aromatic rings. The molecule has 3 nitrogen and oxygen atoms in total. The molecule has 0 bridgehead atoms. The van der Waals surface area contributed by atoms with Gasteiger partial charge in [-0.3, -0.25) is 0 Å². The van der Waals surface area contributed by atoms with Crippen LogP contribution in [0.1, 0.15) is 12.5 Å². The minimum Gasteiger partial charge on any atom is -0.496 e. The summed E-state index contributed by atoms with van der Waals surface area (Å²) in [6, 6.07) is 4.04. The van der Waals surface area contributed by atoms with Crippen molar-refractivity contribution in [1.29, 1.82) is 0 Å². The topological polar surface area (TPSA) is 40.8 Å². The van der Waals surface area contributed by atoms with Crippen LogP contribution < -0.4 is 4.74 Å². The Labute approximate surface area is 87.1 Å². The number of nitrogens with one attached hydrogen (secondary N) is 2. The normalized spacial score (nSPS) is 10.7. The van der Waals surface area contributed by atoms with E-state index in [2.05, 4.69) is 23.0 Å². The molecule has 2 N–H and O–H groups in total. The maximum atomic E-state index is 5.29. The van der Waals surface area contributed by atoms with Crippen molar-refractivity contribution in [1.82, 2.24) is 9.97 Å². The number of imidazole rings is 1. The monoisotopic (exact) mass is 208 g/mol. The molecule has 0 aliphatic rings. The molecule has 0 atom stereocenters. The predicted molar refractivity (Wildman–Crippen MR) is 59.4 cm³/mol. The quantitative estimate of drug-likeness (QED) is 0.745. The fourth-order valence-corrected chi connectivity index (χ4v) is 1.79. The number of aromatic nitrogens is 2. The standard InChI is InChI=1S/C10H12N2OS/c1-3-6-4-7-8(5-9(6)13-2)12-10(14)11-7/h4-5H,3H2,1-2H3,(H2,11,12,14). The van der Waals surface area contributed by atoms with Crippen molar-refractivity contribution in [3.63, 3.8) is 0 Å². The fourth-order valence-electron chi connectivity index (χ4n) is 1.57. The molecule has 4 heteroatoms. The molecule has 2 rings (SSSR count). The number of aryl methyl sites for hydroxylation is 1. The summed E-state index contributed by atoms with van der Waals surface area (Å²) in [6.07, 6.45) is 0.949. The van der Waals surface area contributed by atoms with E-state index in [4.69, 9.17) is 17.0 Å². The van der Waals surface area contributed by atoms with E-state index in [1.54, 1.807) is 7.11 Å². The summed E-state index contributed by atoms with van der Waals surface area (Å²) in [7, 11) is 1.68. The second-order valence-corrected chi connectivity index (χ2v) is 3.55. The van der Waals surface area contributed by atoms with Crippen molar-refractivity contribution in [3.8, 4) is 5.75 Å². The van der Waals surface area contributed by atoms with Crippen molar-refractivity contribution in [3.05, 3.63) is 22.5 Å². The number of benzene rings is 1. The van der Waals surface area contributed by atoms with E-state index in [0.717, 1.165) is 23.2 Å². The number of H-pyrrole nitrogens is 2. The first-order valence-corrected chi connectivity index (χ1v) is 4.94. The molecule has 0 saturated heterocycles. The van der Waals surface area contributed by atoms with Crippen LogP contribution in [-0.4, -0.2) is 17.1 Å². The summed E-state index contributed by atoms with van der Waals surface area (Å²) >= 11 is 5.02. The molecule has 0 aliphatic carbocycles. The first kappa shape index (κ1) is 9.27. The summed E-state index contributed by atoms with van der Waals surface area (Å²) < 4.78 is 5.93.